The average Bonchev–Trinajstić information content (AvgIpc) is 2.55. The van der Waals surface area contributed by atoms with E-state index in [4.69, 9.17) is 9.84 Å². The molecule has 2 amide bonds. The van der Waals surface area contributed by atoms with E-state index in [-0.39, 0.29) is 0 Å². The van der Waals surface area contributed by atoms with Crippen molar-refractivity contribution in [3.8, 4) is 0 Å². The molecule has 7 heteroatoms. The summed E-state index contributed by atoms with van der Waals surface area (Å²) in [5.74, 6) is 0. The number of amides is 2. The number of alkyl carbamates (subject to hydrolysis) is 1. The first-order chi connectivity index (χ1) is 12.2. The summed E-state index contributed by atoms with van der Waals surface area (Å²) in [6.45, 7) is 7.18. The van der Waals surface area contributed by atoms with Gasteiger partial charge in [0.05, 0.1) is 0 Å². The summed E-state index contributed by atoms with van der Waals surface area (Å²) in [6, 6.07) is 8.40. The van der Waals surface area contributed by atoms with Crippen molar-refractivity contribution in [3.05, 3.63) is 29.8 Å². The molecule has 1 fully saturated rings. The Morgan fingerprint density at radius 1 is 1.19 bits per heavy atom. The number of benzene rings is 1. The quantitative estimate of drug-likeness (QED) is 0.747. The largest absolute Gasteiger partial charge is 0.465 e. The van der Waals surface area contributed by atoms with Gasteiger partial charge in [-0.1, -0.05) is 12.1 Å². The number of ether oxygens (including phenoxy) is 1. The van der Waals surface area contributed by atoms with E-state index < -0.39 is 17.8 Å². The van der Waals surface area contributed by atoms with E-state index in [1.807, 2.05) is 45.0 Å². The smallest absolute Gasteiger partial charge is 0.407 e. The zero-order valence-electron chi connectivity index (χ0n) is 15.7. The third-order valence-electron chi connectivity index (χ3n) is 4.17. The van der Waals surface area contributed by atoms with Gasteiger partial charge in [-0.25, -0.2) is 9.59 Å². The topological polar surface area (TPSA) is 90.9 Å². The van der Waals surface area contributed by atoms with Crippen LogP contribution in [-0.2, 0) is 11.2 Å². The molecule has 3 N–H and O–H groups in total. The van der Waals surface area contributed by atoms with Crippen LogP contribution in [0.5, 0.6) is 0 Å². The molecule has 0 radical (unpaired) electrons. The lowest BCUT2D eigenvalue weighted by Crippen LogP contribution is -2.41. The van der Waals surface area contributed by atoms with Crippen LogP contribution < -0.4 is 10.6 Å². The lowest BCUT2D eigenvalue weighted by molar-refractivity contribution is 0.0528. The number of rotatable bonds is 5. The zero-order chi connectivity index (χ0) is 19.2. The monoisotopic (exact) mass is 363 g/mol. The average molecular weight is 363 g/mol. The van der Waals surface area contributed by atoms with E-state index >= 15 is 0 Å². The highest BCUT2D eigenvalue weighted by molar-refractivity contribution is 5.67. The van der Waals surface area contributed by atoms with Crippen molar-refractivity contribution in [1.82, 2.24) is 10.2 Å². The number of hydrogen-bond acceptors (Lipinski definition) is 4. The van der Waals surface area contributed by atoms with E-state index in [0.717, 1.165) is 30.5 Å². The van der Waals surface area contributed by atoms with E-state index in [2.05, 4.69) is 10.6 Å². The van der Waals surface area contributed by atoms with Crippen molar-refractivity contribution in [1.29, 1.82) is 0 Å². The summed E-state index contributed by atoms with van der Waals surface area (Å²) in [6.07, 6.45) is 1.12. The van der Waals surface area contributed by atoms with Crippen LogP contribution in [-0.4, -0.2) is 53.5 Å². The Hall–Kier alpha value is -2.44. The first-order valence-electron chi connectivity index (χ1n) is 9.03. The van der Waals surface area contributed by atoms with Crippen molar-refractivity contribution < 1.29 is 19.4 Å². The van der Waals surface area contributed by atoms with Gasteiger partial charge in [0.2, 0.25) is 0 Å². The number of nitrogens with zero attached hydrogens (tertiary/aromatic N) is 1. The molecule has 7 nitrogen and oxygen atoms in total. The molecule has 1 heterocycles. The number of likely N-dealkylation sites (tertiary alicyclic amines) is 1. The molecular formula is C19H29N3O4. The van der Waals surface area contributed by atoms with Gasteiger partial charge in [-0.3, -0.25) is 0 Å². The van der Waals surface area contributed by atoms with Gasteiger partial charge < -0.3 is 25.4 Å². The fraction of sp³-hybridized carbons (Fsp3) is 0.579. The summed E-state index contributed by atoms with van der Waals surface area (Å²) in [5, 5.41) is 15.2. The lowest BCUT2D eigenvalue weighted by Gasteiger charge is -2.31. The van der Waals surface area contributed by atoms with Crippen molar-refractivity contribution in [2.75, 3.05) is 25.0 Å². The van der Waals surface area contributed by atoms with E-state index in [1.54, 1.807) is 0 Å². The number of nitrogens with one attached hydrogen (secondary N) is 2. The molecule has 26 heavy (non-hydrogen) atoms. The molecule has 0 aliphatic carbocycles. The highest BCUT2D eigenvalue weighted by atomic mass is 16.6. The van der Waals surface area contributed by atoms with Crippen molar-refractivity contribution in [2.24, 2.45) is 0 Å². The summed E-state index contributed by atoms with van der Waals surface area (Å²) in [5.41, 5.74) is 1.67. The van der Waals surface area contributed by atoms with Gasteiger partial charge in [-0.05, 0) is 57.7 Å². The molecule has 144 valence electrons. The predicted molar refractivity (Wildman–Crippen MR) is 101 cm³/mol. The van der Waals surface area contributed by atoms with Gasteiger partial charge >= 0.3 is 12.2 Å². The maximum absolute atomic E-state index is 11.6. The van der Waals surface area contributed by atoms with Crippen LogP contribution in [0, 0.1) is 0 Å². The minimum Gasteiger partial charge on any atom is -0.465 e. The molecule has 0 unspecified atom stereocenters. The van der Waals surface area contributed by atoms with Gasteiger partial charge in [0, 0.05) is 31.4 Å². The Balaban J connectivity index is 1.71. The SMILES string of the molecule is CC(C)(C)OC(=O)NCCc1ccc(NC2CCN(C(=O)O)CC2)cc1. The van der Waals surface area contributed by atoms with E-state index in [0.29, 0.717) is 25.7 Å². The van der Waals surface area contributed by atoms with Crippen LogP contribution in [0.4, 0.5) is 15.3 Å². The molecular weight excluding hydrogens is 334 g/mol. The first-order valence-corrected chi connectivity index (χ1v) is 9.03. The zero-order valence-corrected chi connectivity index (χ0v) is 15.7. The second-order valence-electron chi connectivity index (χ2n) is 7.56. The van der Waals surface area contributed by atoms with Gasteiger partial charge in [-0.2, -0.15) is 0 Å². The van der Waals surface area contributed by atoms with Gasteiger partial charge in [-0.15, -0.1) is 0 Å². The van der Waals surface area contributed by atoms with E-state index in [1.165, 1.54) is 4.90 Å². The lowest BCUT2D eigenvalue weighted by atomic mass is 10.0. The number of carboxylic acid groups (broad SMARTS) is 1. The predicted octanol–water partition coefficient (Wildman–Crippen LogP) is 3.31. The fourth-order valence-electron chi connectivity index (χ4n) is 2.84. The Bertz CT molecular complexity index is 602. The molecule has 1 saturated heterocycles. The molecule has 1 aliphatic heterocycles. The summed E-state index contributed by atoms with van der Waals surface area (Å²) in [4.78, 5) is 24.0. The normalized spacial score (nSPS) is 15.4. The van der Waals surface area contributed by atoms with Crippen molar-refractivity contribution >= 4 is 17.9 Å². The van der Waals surface area contributed by atoms with Gasteiger partial charge in [0.25, 0.3) is 0 Å². The van der Waals surface area contributed by atoms with Crippen LogP contribution in [0.2, 0.25) is 0 Å². The van der Waals surface area contributed by atoms with Gasteiger partial charge in [0.1, 0.15) is 5.60 Å². The van der Waals surface area contributed by atoms with Crippen LogP contribution >= 0.6 is 0 Å². The third kappa shape index (κ3) is 6.82. The minimum atomic E-state index is -0.840. The maximum Gasteiger partial charge on any atom is 0.407 e. The summed E-state index contributed by atoms with van der Waals surface area (Å²) in [7, 11) is 0. The number of carbonyl (C=O) groups is 2. The van der Waals surface area contributed by atoms with Crippen molar-refractivity contribution in [2.45, 2.75) is 51.7 Å². The summed E-state index contributed by atoms with van der Waals surface area (Å²) < 4.78 is 5.20. The molecule has 0 atom stereocenters. The standard InChI is InChI=1S/C19H29N3O4/c1-19(2,3)26-17(23)20-11-8-14-4-6-15(7-5-14)21-16-9-12-22(13-10-16)18(24)25/h4-7,16,21H,8-13H2,1-3H3,(H,20,23)(H,24,25). The van der Waals surface area contributed by atoms with Crippen molar-refractivity contribution in [3.63, 3.8) is 0 Å². The van der Waals surface area contributed by atoms with Crippen LogP contribution in [0.3, 0.4) is 0 Å². The fourth-order valence-corrected chi connectivity index (χ4v) is 2.84. The molecule has 1 aliphatic rings. The summed E-state index contributed by atoms with van der Waals surface area (Å²) >= 11 is 0. The highest BCUT2D eigenvalue weighted by Gasteiger charge is 2.22. The Labute approximate surface area is 154 Å². The molecule has 0 aromatic heterocycles. The Morgan fingerprint density at radius 3 is 2.35 bits per heavy atom. The number of carbonyl (C=O) groups excluding carboxylic acids is 1. The molecule has 2 rings (SSSR count). The third-order valence-corrected chi connectivity index (χ3v) is 4.17. The number of piperidine rings is 1. The van der Waals surface area contributed by atoms with Crippen LogP contribution in [0.25, 0.3) is 0 Å². The highest BCUT2D eigenvalue weighted by Crippen LogP contribution is 2.17. The molecule has 1 aromatic carbocycles. The molecule has 0 spiro atoms. The van der Waals surface area contributed by atoms with Gasteiger partial charge in [0.15, 0.2) is 0 Å². The molecule has 0 bridgehead atoms. The Morgan fingerprint density at radius 2 is 1.81 bits per heavy atom. The minimum absolute atomic E-state index is 0.297. The molecule has 1 aromatic rings. The van der Waals surface area contributed by atoms with E-state index in [9.17, 15) is 9.59 Å². The second-order valence-corrected chi connectivity index (χ2v) is 7.56. The second kappa shape index (κ2) is 8.78. The number of hydrogen-bond donors (Lipinski definition) is 3. The Kier molecular flexibility index (Phi) is 6.71. The number of anilines is 1. The van der Waals surface area contributed by atoms with Crippen LogP contribution in [0.15, 0.2) is 24.3 Å². The molecule has 0 saturated carbocycles. The van der Waals surface area contributed by atoms with Crippen LogP contribution in [0.1, 0.15) is 39.2 Å². The first kappa shape index (κ1) is 19.9. The maximum atomic E-state index is 11.6.